The number of rotatable bonds is 4. The molecule has 1 aromatic rings. The van der Waals surface area contributed by atoms with Crippen LogP contribution in [0.25, 0.3) is 0 Å². The van der Waals surface area contributed by atoms with Gasteiger partial charge in [-0.15, -0.1) is 24.0 Å². The molecule has 2 rings (SSSR count). The van der Waals surface area contributed by atoms with Gasteiger partial charge in [0, 0.05) is 24.3 Å². The molecular formula is C19H33IN4. The van der Waals surface area contributed by atoms with Gasteiger partial charge in [0.05, 0.1) is 6.54 Å². The van der Waals surface area contributed by atoms with Crippen LogP contribution in [0.4, 0.5) is 5.69 Å². The van der Waals surface area contributed by atoms with Crippen LogP contribution in [0.15, 0.2) is 29.3 Å². The molecule has 24 heavy (non-hydrogen) atoms. The Hall–Kier alpha value is -0.820. The number of halogens is 1. The molecule has 0 amide bonds. The second-order valence-electron chi connectivity index (χ2n) is 7.86. The van der Waals surface area contributed by atoms with Gasteiger partial charge in [-0.25, -0.2) is 0 Å². The maximum absolute atomic E-state index is 6.06. The minimum absolute atomic E-state index is 0. The molecule has 1 aliphatic rings. The van der Waals surface area contributed by atoms with E-state index in [4.69, 9.17) is 5.73 Å². The molecule has 1 saturated heterocycles. The molecule has 1 aliphatic heterocycles. The van der Waals surface area contributed by atoms with Crippen molar-refractivity contribution in [2.24, 2.45) is 22.6 Å². The highest BCUT2D eigenvalue weighted by Gasteiger charge is 2.32. The van der Waals surface area contributed by atoms with Crippen LogP contribution in [0.3, 0.4) is 0 Å². The number of nitrogens with one attached hydrogen (secondary N) is 1. The Morgan fingerprint density at radius 3 is 2.29 bits per heavy atom. The molecule has 0 aliphatic carbocycles. The maximum atomic E-state index is 6.06. The first-order chi connectivity index (χ1) is 10.8. The molecule has 1 heterocycles. The van der Waals surface area contributed by atoms with Gasteiger partial charge in [-0.2, -0.15) is 0 Å². The lowest BCUT2D eigenvalue weighted by molar-refractivity contribution is 0.0513. The van der Waals surface area contributed by atoms with Crippen LogP contribution in [-0.2, 0) is 0 Å². The Morgan fingerprint density at radius 1 is 1.21 bits per heavy atom. The maximum Gasteiger partial charge on any atom is 0.193 e. The zero-order valence-corrected chi connectivity index (χ0v) is 18.0. The van der Waals surface area contributed by atoms with Crippen LogP contribution < -0.4 is 11.1 Å². The predicted molar refractivity (Wildman–Crippen MR) is 115 cm³/mol. The van der Waals surface area contributed by atoms with Gasteiger partial charge < -0.3 is 11.1 Å². The van der Waals surface area contributed by atoms with E-state index in [1.54, 1.807) is 0 Å². The van der Waals surface area contributed by atoms with Crippen LogP contribution in [0.1, 0.15) is 39.7 Å². The van der Waals surface area contributed by atoms with Gasteiger partial charge in [-0.1, -0.05) is 31.5 Å². The second-order valence-corrected chi connectivity index (χ2v) is 7.86. The molecule has 0 bridgehead atoms. The minimum atomic E-state index is 0. The Labute approximate surface area is 164 Å². The summed E-state index contributed by atoms with van der Waals surface area (Å²) < 4.78 is 0. The smallest absolute Gasteiger partial charge is 0.193 e. The van der Waals surface area contributed by atoms with E-state index < -0.39 is 0 Å². The van der Waals surface area contributed by atoms with Crippen LogP contribution in [-0.4, -0.2) is 36.0 Å². The fourth-order valence-electron chi connectivity index (χ4n) is 3.36. The third-order valence-electron chi connectivity index (χ3n) is 4.69. The molecule has 0 aromatic heterocycles. The average Bonchev–Trinajstić information content (AvgIpc) is 2.47. The van der Waals surface area contributed by atoms with Gasteiger partial charge in [0.1, 0.15) is 0 Å². The number of aryl methyl sites for hydroxylation is 1. The molecule has 0 spiro atoms. The van der Waals surface area contributed by atoms with Crippen LogP contribution in [0.5, 0.6) is 0 Å². The summed E-state index contributed by atoms with van der Waals surface area (Å²) in [5, 5.41) is 3.17. The fraction of sp³-hybridized carbons (Fsp3) is 0.632. The van der Waals surface area contributed by atoms with Crippen molar-refractivity contribution in [3.63, 3.8) is 0 Å². The van der Waals surface area contributed by atoms with E-state index in [-0.39, 0.29) is 29.5 Å². The molecule has 5 heteroatoms. The summed E-state index contributed by atoms with van der Waals surface area (Å²) in [5.74, 6) is 2.00. The number of hydrogen-bond donors (Lipinski definition) is 2. The van der Waals surface area contributed by atoms with E-state index in [0.717, 1.165) is 30.6 Å². The number of nitrogens with two attached hydrogens (primary N) is 1. The summed E-state index contributed by atoms with van der Waals surface area (Å²) in [6.45, 7) is 14.3. The Morgan fingerprint density at radius 2 is 1.75 bits per heavy atom. The normalized spacial score (nSPS) is 22.8. The molecule has 0 saturated carbocycles. The molecular weight excluding hydrogens is 411 g/mol. The quantitative estimate of drug-likeness (QED) is 0.418. The number of nitrogens with zero attached hydrogens (tertiary/aromatic N) is 2. The number of guanidine groups is 1. The van der Waals surface area contributed by atoms with Crippen molar-refractivity contribution in [2.45, 2.75) is 46.6 Å². The lowest BCUT2D eigenvalue weighted by Crippen LogP contribution is -2.52. The van der Waals surface area contributed by atoms with Crippen molar-refractivity contribution in [1.82, 2.24) is 4.90 Å². The lowest BCUT2D eigenvalue weighted by Gasteiger charge is -2.44. The summed E-state index contributed by atoms with van der Waals surface area (Å²) in [7, 11) is 0. The fourth-order valence-corrected chi connectivity index (χ4v) is 3.36. The van der Waals surface area contributed by atoms with E-state index >= 15 is 0 Å². The molecule has 1 aromatic carbocycles. The van der Waals surface area contributed by atoms with Crippen molar-refractivity contribution in [3.05, 3.63) is 29.8 Å². The Balaban J connectivity index is 0.00000288. The second kappa shape index (κ2) is 9.04. The zero-order chi connectivity index (χ0) is 17.0. The number of likely N-dealkylation sites (tertiary alicyclic amines) is 1. The van der Waals surface area contributed by atoms with E-state index in [2.05, 4.69) is 62.0 Å². The van der Waals surface area contributed by atoms with Gasteiger partial charge in [0.25, 0.3) is 0 Å². The molecule has 3 N–H and O–H groups in total. The number of hydrogen-bond acceptors (Lipinski definition) is 2. The molecule has 0 radical (unpaired) electrons. The van der Waals surface area contributed by atoms with Crippen molar-refractivity contribution in [1.29, 1.82) is 0 Å². The molecule has 1 fully saturated rings. The minimum Gasteiger partial charge on any atom is -0.370 e. The average molecular weight is 444 g/mol. The van der Waals surface area contributed by atoms with Gasteiger partial charge in [0.2, 0.25) is 0 Å². The summed E-state index contributed by atoms with van der Waals surface area (Å²) in [4.78, 5) is 7.14. The van der Waals surface area contributed by atoms with Crippen LogP contribution in [0.2, 0.25) is 0 Å². The van der Waals surface area contributed by atoms with Crippen LogP contribution >= 0.6 is 24.0 Å². The Kier molecular flexibility index (Phi) is 7.99. The predicted octanol–water partition coefficient (Wildman–Crippen LogP) is 4.10. The number of piperidine rings is 1. The summed E-state index contributed by atoms with van der Waals surface area (Å²) in [6.07, 6.45) is 1.33. The molecule has 4 nitrogen and oxygen atoms in total. The Bertz CT molecular complexity index is 529. The van der Waals surface area contributed by atoms with Crippen molar-refractivity contribution >= 4 is 35.6 Å². The number of benzene rings is 1. The van der Waals surface area contributed by atoms with E-state index in [0.29, 0.717) is 12.5 Å². The van der Waals surface area contributed by atoms with Gasteiger partial charge >= 0.3 is 0 Å². The van der Waals surface area contributed by atoms with E-state index in [9.17, 15) is 0 Å². The third-order valence-corrected chi connectivity index (χ3v) is 4.69. The van der Waals surface area contributed by atoms with E-state index in [1.165, 1.54) is 12.0 Å². The topological polar surface area (TPSA) is 53.6 Å². The largest absolute Gasteiger partial charge is 0.370 e. The third kappa shape index (κ3) is 6.24. The summed E-state index contributed by atoms with van der Waals surface area (Å²) >= 11 is 0. The summed E-state index contributed by atoms with van der Waals surface area (Å²) in [5.41, 5.74) is 8.30. The molecule has 2 atom stereocenters. The SMILES string of the molecule is Cc1ccc(NC(N)=NCC(C)(C)N2CC(C)CC(C)C2)cc1.I. The van der Waals surface area contributed by atoms with Gasteiger partial charge in [0.15, 0.2) is 5.96 Å². The molecule has 136 valence electrons. The van der Waals surface area contributed by atoms with Gasteiger partial charge in [-0.3, -0.25) is 9.89 Å². The highest BCUT2D eigenvalue weighted by Crippen LogP contribution is 2.27. The number of anilines is 1. The van der Waals surface area contributed by atoms with Gasteiger partial charge in [-0.05, 0) is 51.2 Å². The highest BCUT2D eigenvalue weighted by atomic mass is 127. The monoisotopic (exact) mass is 444 g/mol. The van der Waals surface area contributed by atoms with Crippen LogP contribution in [0, 0.1) is 18.8 Å². The van der Waals surface area contributed by atoms with E-state index in [1.807, 2.05) is 12.1 Å². The van der Waals surface area contributed by atoms with Crippen molar-refractivity contribution in [2.75, 3.05) is 25.0 Å². The molecule has 2 unspecified atom stereocenters. The number of aliphatic imine (C=N–C) groups is 1. The first kappa shape index (κ1) is 21.2. The summed E-state index contributed by atoms with van der Waals surface area (Å²) in [6, 6.07) is 8.18. The van der Waals surface area contributed by atoms with Crippen molar-refractivity contribution < 1.29 is 0 Å². The highest BCUT2D eigenvalue weighted by molar-refractivity contribution is 14.0. The lowest BCUT2D eigenvalue weighted by atomic mass is 9.88. The first-order valence-electron chi connectivity index (χ1n) is 8.65. The standard InChI is InChI=1S/C19H32N4.HI/c1-14-6-8-17(9-7-14)22-18(20)21-13-19(4,5)23-11-15(2)10-16(3)12-23;/h6-9,15-16H,10-13H2,1-5H3,(H3,20,21,22);1H. The van der Waals surface area contributed by atoms with Crippen molar-refractivity contribution in [3.8, 4) is 0 Å². The first-order valence-corrected chi connectivity index (χ1v) is 8.65. The zero-order valence-electron chi connectivity index (χ0n) is 15.7.